The minimum atomic E-state index is -0.502. The number of nitrogens with one attached hydrogen (secondary N) is 1. The highest BCUT2D eigenvalue weighted by atomic mass is 16.7. The van der Waals surface area contributed by atoms with E-state index in [2.05, 4.69) is 46.3 Å². The predicted octanol–water partition coefficient (Wildman–Crippen LogP) is 5.83. The average molecular weight is 605 g/mol. The van der Waals surface area contributed by atoms with E-state index in [1.54, 1.807) is 0 Å². The van der Waals surface area contributed by atoms with Crippen molar-refractivity contribution in [2.45, 2.75) is 57.0 Å². The number of aliphatic hydroxyl groups is 1. The van der Waals surface area contributed by atoms with Crippen LogP contribution in [-0.2, 0) is 22.6 Å². The van der Waals surface area contributed by atoms with Gasteiger partial charge in [0.25, 0.3) is 0 Å². The Hall–Kier alpha value is -4.05. The van der Waals surface area contributed by atoms with Crippen LogP contribution in [0.1, 0.15) is 60.0 Å². The van der Waals surface area contributed by atoms with Gasteiger partial charge in [-0.2, -0.15) is 0 Å². The van der Waals surface area contributed by atoms with Gasteiger partial charge in [0.05, 0.1) is 29.8 Å². The van der Waals surface area contributed by atoms with Gasteiger partial charge in [-0.3, -0.25) is 4.57 Å². The number of para-hydroxylation sites is 2. The number of hydrogen-bond donors (Lipinski definition) is 3. The van der Waals surface area contributed by atoms with Crippen molar-refractivity contribution in [1.82, 2.24) is 14.5 Å². The van der Waals surface area contributed by atoms with Crippen LogP contribution in [0.3, 0.4) is 0 Å². The summed E-state index contributed by atoms with van der Waals surface area (Å²) in [6, 6.07) is 32.8. The lowest BCUT2D eigenvalue weighted by molar-refractivity contribution is -0.253. The number of nitrogens with zero attached hydrogens (tertiary/aromatic N) is 2. The van der Waals surface area contributed by atoms with Gasteiger partial charge in [-0.15, -0.1) is 0 Å². The molecule has 5 aromatic rings. The van der Waals surface area contributed by atoms with Crippen molar-refractivity contribution in [3.05, 3.63) is 130 Å². The molecule has 2 fully saturated rings. The molecule has 8 nitrogen and oxygen atoms in total. The van der Waals surface area contributed by atoms with E-state index in [4.69, 9.17) is 15.2 Å². The Morgan fingerprint density at radius 3 is 2.33 bits per heavy atom. The second kappa shape index (κ2) is 13.1. The van der Waals surface area contributed by atoms with Gasteiger partial charge in [0.15, 0.2) is 6.29 Å². The standard InChI is InChI=1S/C37H40N4O4/c38-22-26-4-3-5-30(20-26)27-12-14-29(15-13-27)36-44-32(21-35(45-36)28-10-8-25(24-42)9-11-28)23-40-18-16-31(17-19-40)41-34-7-2-1-6-33(34)39-37(41)43/h1-15,20,31-32,35-36,42H,16-19,21-24,38H2,(H,39,43)/t32-,35+,36+/m0/s1. The quantitative estimate of drug-likeness (QED) is 0.206. The maximum atomic E-state index is 12.8. The number of hydrogen-bond acceptors (Lipinski definition) is 6. The molecule has 4 aromatic carbocycles. The first kappa shape index (κ1) is 29.6. The number of fused-ring (bicyclic) bond motifs is 1. The summed E-state index contributed by atoms with van der Waals surface area (Å²) in [6.07, 6.45) is 1.89. The summed E-state index contributed by atoms with van der Waals surface area (Å²) in [5.74, 6) is 0. The third kappa shape index (κ3) is 6.38. The lowest BCUT2D eigenvalue weighted by Crippen LogP contribution is -2.43. The fourth-order valence-electron chi connectivity index (χ4n) is 6.83. The Morgan fingerprint density at radius 1 is 0.822 bits per heavy atom. The molecule has 7 rings (SSSR count). The van der Waals surface area contributed by atoms with Crippen molar-refractivity contribution in [3.8, 4) is 11.1 Å². The van der Waals surface area contributed by atoms with E-state index in [9.17, 15) is 9.90 Å². The summed E-state index contributed by atoms with van der Waals surface area (Å²) in [4.78, 5) is 18.3. The number of H-pyrrole nitrogens is 1. The van der Waals surface area contributed by atoms with Crippen LogP contribution in [0.4, 0.5) is 0 Å². The maximum Gasteiger partial charge on any atom is 0.326 e. The molecular formula is C37H40N4O4. The highest BCUT2D eigenvalue weighted by molar-refractivity contribution is 5.75. The molecule has 2 aliphatic rings. The number of aromatic nitrogens is 2. The summed E-state index contributed by atoms with van der Waals surface area (Å²) in [5, 5.41) is 9.55. The summed E-state index contributed by atoms with van der Waals surface area (Å²) in [5.41, 5.74) is 14.0. The molecule has 2 aliphatic heterocycles. The summed E-state index contributed by atoms with van der Waals surface area (Å²) in [7, 11) is 0. The van der Waals surface area contributed by atoms with Gasteiger partial charge >= 0.3 is 5.69 Å². The predicted molar refractivity (Wildman–Crippen MR) is 175 cm³/mol. The molecule has 0 amide bonds. The van der Waals surface area contributed by atoms with Crippen LogP contribution in [0.5, 0.6) is 0 Å². The number of aliphatic hydroxyl groups excluding tert-OH is 1. The first-order chi connectivity index (χ1) is 22.1. The summed E-state index contributed by atoms with van der Waals surface area (Å²) < 4.78 is 15.2. The van der Waals surface area contributed by atoms with E-state index >= 15 is 0 Å². The Labute approximate surface area is 263 Å². The van der Waals surface area contributed by atoms with Crippen LogP contribution in [0.15, 0.2) is 102 Å². The van der Waals surface area contributed by atoms with E-state index in [-0.39, 0.29) is 30.5 Å². The second-order valence-corrected chi connectivity index (χ2v) is 12.2. The molecule has 0 saturated carbocycles. The number of likely N-dealkylation sites (tertiary alicyclic amines) is 1. The minimum absolute atomic E-state index is 0.0152. The van der Waals surface area contributed by atoms with Crippen molar-refractivity contribution in [2.24, 2.45) is 5.73 Å². The molecule has 8 heteroatoms. The zero-order valence-corrected chi connectivity index (χ0v) is 25.3. The molecule has 4 N–H and O–H groups in total. The minimum Gasteiger partial charge on any atom is -0.392 e. The molecule has 0 aliphatic carbocycles. The van der Waals surface area contributed by atoms with E-state index in [1.807, 2.05) is 65.2 Å². The summed E-state index contributed by atoms with van der Waals surface area (Å²) >= 11 is 0. The third-order valence-corrected chi connectivity index (χ3v) is 9.30. The van der Waals surface area contributed by atoms with Crippen LogP contribution in [0.25, 0.3) is 22.2 Å². The number of imidazole rings is 1. The maximum absolute atomic E-state index is 12.8. The van der Waals surface area contributed by atoms with Crippen molar-refractivity contribution in [2.75, 3.05) is 19.6 Å². The van der Waals surface area contributed by atoms with E-state index in [0.717, 1.165) is 83.3 Å². The molecule has 45 heavy (non-hydrogen) atoms. The Balaban J connectivity index is 1.07. The molecule has 1 aromatic heterocycles. The van der Waals surface area contributed by atoms with Crippen molar-refractivity contribution in [1.29, 1.82) is 0 Å². The second-order valence-electron chi connectivity index (χ2n) is 12.2. The number of rotatable bonds is 8. The Kier molecular flexibility index (Phi) is 8.65. The average Bonchev–Trinajstić information content (AvgIpc) is 3.44. The van der Waals surface area contributed by atoms with Gasteiger partial charge in [-0.05, 0) is 58.9 Å². The highest BCUT2D eigenvalue weighted by Crippen LogP contribution is 2.39. The molecule has 232 valence electrons. The van der Waals surface area contributed by atoms with Gasteiger partial charge in [-0.1, -0.05) is 78.9 Å². The zero-order valence-electron chi connectivity index (χ0n) is 25.3. The highest BCUT2D eigenvalue weighted by Gasteiger charge is 2.34. The number of benzene rings is 4. The van der Waals surface area contributed by atoms with Gasteiger partial charge < -0.3 is 30.2 Å². The molecule has 0 bridgehead atoms. The molecular weight excluding hydrogens is 564 g/mol. The van der Waals surface area contributed by atoms with Gasteiger partial charge in [0, 0.05) is 44.2 Å². The first-order valence-corrected chi connectivity index (χ1v) is 15.9. The van der Waals surface area contributed by atoms with Crippen molar-refractivity contribution < 1.29 is 14.6 Å². The number of aromatic amines is 1. The molecule has 0 unspecified atom stereocenters. The lowest BCUT2D eigenvalue weighted by atomic mass is 9.98. The van der Waals surface area contributed by atoms with Crippen LogP contribution < -0.4 is 11.4 Å². The van der Waals surface area contributed by atoms with Crippen LogP contribution in [0, 0.1) is 0 Å². The van der Waals surface area contributed by atoms with Gasteiger partial charge in [-0.25, -0.2) is 4.79 Å². The van der Waals surface area contributed by atoms with E-state index in [0.29, 0.717) is 6.54 Å². The molecule has 2 saturated heterocycles. The molecule has 0 radical (unpaired) electrons. The third-order valence-electron chi connectivity index (χ3n) is 9.30. The SMILES string of the molecule is NCc1cccc(-c2ccc([C@@H]3O[C@H](CN4CCC(n5c(=O)[nH]c6ccccc65)CC4)C[C@H](c4ccc(CO)cc4)O3)cc2)c1. The molecule has 3 atom stereocenters. The van der Waals surface area contributed by atoms with Gasteiger partial charge in [0.2, 0.25) is 0 Å². The van der Waals surface area contributed by atoms with Crippen LogP contribution >= 0.6 is 0 Å². The first-order valence-electron chi connectivity index (χ1n) is 15.9. The fraction of sp³-hybridized carbons (Fsp3) is 0.324. The topological polar surface area (TPSA) is 106 Å². The van der Waals surface area contributed by atoms with Gasteiger partial charge in [0.1, 0.15) is 0 Å². The summed E-state index contributed by atoms with van der Waals surface area (Å²) in [6.45, 7) is 3.12. The van der Waals surface area contributed by atoms with E-state index in [1.165, 1.54) is 0 Å². The van der Waals surface area contributed by atoms with Crippen LogP contribution in [0.2, 0.25) is 0 Å². The largest absolute Gasteiger partial charge is 0.392 e. The number of nitrogens with two attached hydrogens (primary N) is 1. The molecule has 3 heterocycles. The number of ether oxygens (including phenoxy) is 2. The monoisotopic (exact) mass is 604 g/mol. The number of piperidine rings is 1. The Morgan fingerprint density at radius 2 is 1.58 bits per heavy atom. The molecule has 0 spiro atoms. The van der Waals surface area contributed by atoms with Crippen molar-refractivity contribution in [3.63, 3.8) is 0 Å². The normalized spacial score (nSPS) is 21.3. The smallest absolute Gasteiger partial charge is 0.326 e. The lowest BCUT2D eigenvalue weighted by Gasteiger charge is -2.40. The zero-order chi connectivity index (χ0) is 30.8. The van der Waals surface area contributed by atoms with Crippen LogP contribution in [-0.4, -0.2) is 45.3 Å². The Bertz CT molecular complexity index is 1790. The van der Waals surface area contributed by atoms with Crippen molar-refractivity contribution >= 4 is 11.0 Å². The van der Waals surface area contributed by atoms with E-state index < -0.39 is 6.29 Å². The fourth-order valence-corrected chi connectivity index (χ4v) is 6.83.